The first-order valence-electron chi connectivity index (χ1n) is 14.8. The fourth-order valence-corrected chi connectivity index (χ4v) is 7.82. The number of carbonyl (C=O) groups excluding carboxylic acids is 2. The van der Waals surface area contributed by atoms with Crippen LogP contribution < -0.4 is 15.4 Å². The van der Waals surface area contributed by atoms with Crippen molar-refractivity contribution in [1.82, 2.24) is 20.6 Å². The Balaban J connectivity index is 1.35. The van der Waals surface area contributed by atoms with E-state index in [1.54, 1.807) is 7.11 Å². The molecule has 1 heterocycles. The van der Waals surface area contributed by atoms with Gasteiger partial charge in [0, 0.05) is 17.5 Å². The molecule has 0 saturated heterocycles. The van der Waals surface area contributed by atoms with Gasteiger partial charge in [0.05, 0.1) is 12.7 Å². The Morgan fingerprint density at radius 2 is 1.74 bits per heavy atom. The van der Waals surface area contributed by atoms with Gasteiger partial charge in [-0.1, -0.05) is 26.7 Å². The molecule has 4 saturated carbocycles. The number of fused-ring (bicyclic) bond motifs is 1. The first-order chi connectivity index (χ1) is 18.4. The summed E-state index contributed by atoms with van der Waals surface area (Å²) in [5.41, 5.74) is 0.799. The second kappa shape index (κ2) is 10.3. The van der Waals surface area contributed by atoms with E-state index in [4.69, 9.17) is 14.5 Å². The summed E-state index contributed by atoms with van der Waals surface area (Å²) in [5, 5.41) is 6.72. The van der Waals surface area contributed by atoms with Gasteiger partial charge in [-0.15, -0.1) is 0 Å². The lowest BCUT2D eigenvalue weighted by Crippen LogP contribution is -2.70. The van der Waals surface area contributed by atoms with Gasteiger partial charge in [-0.3, -0.25) is 4.79 Å². The van der Waals surface area contributed by atoms with Crippen molar-refractivity contribution < 1.29 is 19.1 Å². The van der Waals surface area contributed by atoms with E-state index in [0.29, 0.717) is 34.6 Å². The van der Waals surface area contributed by atoms with E-state index in [-0.39, 0.29) is 23.1 Å². The lowest BCUT2D eigenvalue weighted by atomic mass is 9.50. The fourth-order valence-electron chi connectivity index (χ4n) is 7.82. The summed E-state index contributed by atoms with van der Waals surface area (Å²) in [7, 11) is 1.64. The highest BCUT2D eigenvalue weighted by Crippen LogP contribution is 2.57. The molecule has 39 heavy (non-hydrogen) atoms. The van der Waals surface area contributed by atoms with E-state index < -0.39 is 5.60 Å². The van der Waals surface area contributed by atoms with Gasteiger partial charge in [-0.2, -0.15) is 0 Å². The number of methoxy groups -OCH3 is 1. The van der Waals surface area contributed by atoms with Gasteiger partial charge in [-0.05, 0) is 95.6 Å². The number of H-pyrrole nitrogens is 1. The van der Waals surface area contributed by atoms with Gasteiger partial charge in [0.1, 0.15) is 28.2 Å². The quantitative estimate of drug-likeness (QED) is 0.326. The van der Waals surface area contributed by atoms with Crippen LogP contribution in [0.25, 0.3) is 11.0 Å². The lowest BCUT2D eigenvalue weighted by Gasteiger charge is -2.62. The molecule has 8 nitrogen and oxygen atoms in total. The number of ether oxygens (including phenoxy) is 2. The number of alkyl carbamates (subject to hydrolysis) is 1. The normalized spacial score (nSPS) is 27.7. The zero-order chi connectivity index (χ0) is 28.0. The predicted molar refractivity (Wildman–Crippen MR) is 152 cm³/mol. The molecule has 2 amide bonds. The number of hydrogen-bond donors (Lipinski definition) is 3. The Labute approximate surface area is 232 Å². The lowest BCUT2D eigenvalue weighted by molar-refractivity contribution is -0.0509. The molecule has 4 fully saturated rings. The topological polar surface area (TPSA) is 105 Å². The molecule has 0 spiro atoms. The predicted octanol–water partition coefficient (Wildman–Crippen LogP) is 6.29. The van der Waals surface area contributed by atoms with Crippen LogP contribution >= 0.6 is 0 Å². The van der Waals surface area contributed by atoms with Crippen molar-refractivity contribution in [2.24, 2.45) is 17.8 Å². The average molecular weight is 539 g/mol. The van der Waals surface area contributed by atoms with Gasteiger partial charge in [0.15, 0.2) is 0 Å². The van der Waals surface area contributed by atoms with Crippen LogP contribution in [0, 0.1) is 17.8 Å². The highest BCUT2D eigenvalue weighted by molar-refractivity contribution is 6.06. The molecule has 2 aromatic rings. The first-order valence-corrected chi connectivity index (χ1v) is 14.8. The molecule has 0 aliphatic heterocycles. The number of nitrogens with zero attached hydrogens (tertiary/aromatic N) is 1. The summed E-state index contributed by atoms with van der Waals surface area (Å²) in [5.74, 6) is 3.15. The van der Waals surface area contributed by atoms with Crippen LogP contribution in [-0.4, -0.2) is 45.8 Å². The largest absolute Gasteiger partial charge is 0.494 e. The van der Waals surface area contributed by atoms with E-state index in [2.05, 4.69) is 29.5 Å². The van der Waals surface area contributed by atoms with Gasteiger partial charge < -0.3 is 25.1 Å². The number of aromatic nitrogens is 2. The Bertz CT molecular complexity index is 1210. The Kier molecular flexibility index (Phi) is 7.36. The number of hydrogen-bond acceptors (Lipinski definition) is 5. The second-order valence-electron chi connectivity index (χ2n) is 14.0. The SMILES string of the molecule is COc1ccc(C(=O)NC23CC4CC(CC(NC(=O)OC(C)(C)C)(C4)C2)C3)c2nc(CCCCC(C)C)[nH]c12. The average Bonchev–Trinajstić information content (AvgIpc) is 3.22. The number of amides is 2. The van der Waals surface area contributed by atoms with Crippen LogP contribution in [0.5, 0.6) is 5.75 Å². The smallest absolute Gasteiger partial charge is 0.408 e. The zero-order valence-corrected chi connectivity index (χ0v) is 24.5. The molecule has 4 bridgehead atoms. The van der Waals surface area contributed by atoms with Crippen LogP contribution in [0.4, 0.5) is 4.79 Å². The van der Waals surface area contributed by atoms with Crippen LogP contribution in [0.2, 0.25) is 0 Å². The molecule has 2 unspecified atom stereocenters. The van der Waals surface area contributed by atoms with Gasteiger partial charge in [0.2, 0.25) is 0 Å². The highest BCUT2D eigenvalue weighted by atomic mass is 16.6. The summed E-state index contributed by atoms with van der Waals surface area (Å²) in [6, 6.07) is 3.68. The molecular formula is C31H46N4O4. The van der Waals surface area contributed by atoms with Crippen molar-refractivity contribution in [2.75, 3.05) is 7.11 Å². The summed E-state index contributed by atoms with van der Waals surface area (Å²) < 4.78 is 11.2. The fraction of sp³-hybridized carbons (Fsp3) is 0.710. The molecule has 8 heteroatoms. The van der Waals surface area contributed by atoms with Crippen molar-refractivity contribution in [1.29, 1.82) is 0 Å². The van der Waals surface area contributed by atoms with Crippen molar-refractivity contribution in [3.63, 3.8) is 0 Å². The summed E-state index contributed by atoms with van der Waals surface area (Å²) >= 11 is 0. The monoisotopic (exact) mass is 538 g/mol. The van der Waals surface area contributed by atoms with E-state index in [9.17, 15) is 9.59 Å². The zero-order valence-electron chi connectivity index (χ0n) is 24.5. The third-order valence-electron chi connectivity index (χ3n) is 8.77. The van der Waals surface area contributed by atoms with E-state index in [1.165, 1.54) is 12.8 Å². The number of aryl methyl sites for hydroxylation is 1. The summed E-state index contributed by atoms with van der Waals surface area (Å²) in [6.07, 6.45) is 9.61. The summed E-state index contributed by atoms with van der Waals surface area (Å²) in [6.45, 7) is 10.1. The third-order valence-corrected chi connectivity index (χ3v) is 8.77. The van der Waals surface area contributed by atoms with Crippen LogP contribution in [0.1, 0.15) is 109 Å². The van der Waals surface area contributed by atoms with Gasteiger partial charge in [-0.25, -0.2) is 9.78 Å². The Morgan fingerprint density at radius 3 is 2.36 bits per heavy atom. The standard InChI is InChI=1S/C31H46N4O4/c1-19(2)9-7-8-10-24-32-25-22(11-12-23(38-6)26(25)33-24)27(36)34-30-14-20-13-21(15-30)17-31(16-20,18-30)35-28(37)39-29(3,4)5/h11-12,19-21H,7-10,13-18H2,1-6H3,(H,32,33)(H,34,36)(H,35,37). The maximum absolute atomic E-state index is 13.9. The number of carbonyl (C=O) groups is 2. The maximum Gasteiger partial charge on any atom is 0.408 e. The minimum atomic E-state index is -0.547. The van der Waals surface area contributed by atoms with Crippen LogP contribution in [-0.2, 0) is 11.2 Å². The summed E-state index contributed by atoms with van der Waals surface area (Å²) in [4.78, 5) is 35.0. The molecule has 4 aliphatic rings. The van der Waals surface area contributed by atoms with E-state index in [0.717, 1.165) is 62.7 Å². The number of imidazole rings is 1. The Hall–Kier alpha value is -2.77. The van der Waals surface area contributed by atoms with Crippen LogP contribution in [0.15, 0.2) is 12.1 Å². The highest BCUT2D eigenvalue weighted by Gasteiger charge is 2.59. The molecular weight excluding hydrogens is 492 g/mol. The Morgan fingerprint density at radius 1 is 1.08 bits per heavy atom. The molecule has 1 aromatic heterocycles. The van der Waals surface area contributed by atoms with Crippen molar-refractivity contribution in [3.05, 3.63) is 23.5 Å². The molecule has 214 valence electrons. The minimum absolute atomic E-state index is 0.102. The number of rotatable bonds is 9. The van der Waals surface area contributed by atoms with Crippen molar-refractivity contribution in [2.45, 2.75) is 116 Å². The van der Waals surface area contributed by atoms with Gasteiger partial charge >= 0.3 is 6.09 Å². The second-order valence-corrected chi connectivity index (χ2v) is 14.0. The third kappa shape index (κ3) is 6.04. The van der Waals surface area contributed by atoms with Crippen LogP contribution in [0.3, 0.4) is 0 Å². The number of benzene rings is 1. The minimum Gasteiger partial charge on any atom is -0.494 e. The molecule has 1 aromatic carbocycles. The molecule has 4 aliphatic carbocycles. The number of unbranched alkanes of at least 4 members (excludes halogenated alkanes) is 1. The number of nitrogens with one attached hydrogen (secondary N) is 3. The molecule has 6 rings (SSSR count). The van der Waals surface area contributed by atoms with E-state index in [1.807, 2.05) is 32.9 Å². The van der Waals surface area contributed by atoms with Crippen molar-refractivity contribution in [3.8, 4) is 5.75 Å². The first kappa shape index (κ1) is 27.8. The van der Waals surface area contributed by atoms with Crippen molar-refractivity contribution >= 4 is 23.0 Å². The van der Waals surface area contributed by atoms with E-state index >= 15 is 0 Å². The van der Waals surface area contributed by atoms with Gasteiger partial charge in [0.25, 0.3) is 5.91 Å². The number of aromatic amines is 1. The molecule has 3 N–H and O–H groups in total. The molecule has 0 radical (unpaired) electrons. The molecule has 2 atom stereocenters. The maximum atomic E-state index is 13.9.